The molecule has 1 aliphatic heterocycles. The molecule has 0 aromatic carbocycles. The Labute approximate surface area is 99.6 Å². The van der Waals surface area contributed by atoms with Gasteiger partial charge >= 0.3 is 0 Å². The van der Waals surface area contributed by atoms with E-state index in [-0.39, 0.29) is 0 Å². The maximum absolute atomic E-state index is 11.7. The van der Waals surface area contributed by atoms with Gasteiger partial charge in [-0.25, -0.2) is 0 Å². The van der Waals surface area contributed by atoms with Crippen molar-refractivity contribution in [3.63, 3.8) is 0 Å². The second-order valence-corrected chi connectivity index (χ2v) is 4.80. The third-order valence-corrected chi connectivity index (χ3v) is 3.20. The molecular formula is C13H26N2O. The highest BCUT2D eigenvalue weighted by atomic mass is 16.2. The van der Waals surface area contributed by atoms with Crippen LogP contribution in [0.5, 0.6) is 0 Å². The summed E-state index contributed by atoms with van der Waals surface area (Å²) in [6.45, 7) is 8.44. The molecule has 1 rings (SSSR count). The maximum atomic E-state index is 11.7. The minimum atomic E-state index is 0.369. The Morgan fingerprint density at radius 1 is 1.31 bits per heavy atom. The van der Waals surface area contributed by atoms with Crippen molar-refractivity contribution in [1.82, 2.24) is 10.2 Å². The smallest absolute Gasteiger partial charge is 0.222 e. The van der Waals surface area contributed by atoms with E-state index in [0.717, 1.165) is 39.0 Å². The number of amides is 1. The molecule has 0 aromatic rings. The lowest BCUT2D eigenvalue weighted by molar-refractivity contribution is -0.127. The molecule has 0 aliphatic carbocycles. The summed E-state index contributed by atoms with van der Waals surface area (Å²) in [6.07, 6.45) is 5.46. The molecule has 94 valence electrons. The Balaban J connectivity index is 2.10. The Kier molecular flexibility index (Phi) is 6.46. The largest absolute Gasteiger partial charge is 0.342 e. The molecule has 0 aromatic heterocycles. The van der Waals surface area contributed by atoms with Crippen molar-refractivity contribution >= 4 is 5.91 Å². The van der Waals surface area contributed by atoms with Crippen LogP contribution in [0.15, 0.2) is 0 Å². The van der Waals surface area contributed by atoms with Gasteiger partial charge in [0.1, 0.15) is 0 Å². The predicted molar refractivity (Wildman–Crippen MR) is 67.4 cm³/mol. The molecule has 0 bridgehead atoms. The summed E-state index contributed by atoms with van der Waals surface area (Å²) in [7, 11) is 0. The number of nitrogens with one attached hydrogen (secondary N) is 1. The first kappa shape index (κ1) is 13.5. The average Bonchev–Trinajstić information content (AvgIpc) is 2.60. The molecule has 1 atom stereocenters. The van der Waals surface area contributed by atoms with Gasteiger partial charge in [0.15, 0.2) is 0 Å². The van der Waals surface area contributed by atoms with Crippen LogP contribution in [0.25, 0.3) is 0 Å². The predicted octanol–water partition coefficient (Wildman–Crippen LogP) is 2.02. The van der Waals surface area contributed by atoms with Gasteiger partial charge in [-0.05, 0) is 38.3 Å². The zero-order valence-corrected chi connectivity index (χ0v) is 10.8. The van der Waals surface area contributed by atoms with E-state index in [9.17, 15) is 4.79 Å². The molecule has 1 heterocycles. The van der Waals surface area contributed by atoms with E-state index in [2.05, 4.69) is 19.2 Å². The Morgan fingerprint density at radius 3 is 2.81 bits per heavy atom. The molecular weight excluding hydrogens is 200 g/mol. The fourth-order valence-corrected chi connectivity index (χ4v) is 2.37. The van der Waals surface area contributed by atoms with Crippen LogP contribution < -0.4 is 5.32 Å². The molecule has 1 saturated heterocycles. The summed E-state index contributed by atoms with van der Waals surface area (Å²) in [6, 6.07) is 0. The number of hydrogen-bond donors (Lipinski definition) is 1. The molecule has 0 saturated carbocycles. The lowest BCUT2D eigenvalue weighted by Gasteiger charge is -2.16. The second-order valence-electron chi connectivity index (χ2n) is 4.80. The van der Waals surface area contributed by atoms with Crippen molar-refractivity contribution in [2.24, 2.45) is 5.92 Å². The minimum absolute atomic E-state index is 0.369. The highest BCUT2D eigenvalue weighted by molar-refractivity contribution is 5.78. The second kappa shape index (κ2) is 7.66. The van der Waals surface area contributed by atoms with Crippen LogP contribution in [0.3, 0.4) is 0 Å². The van der Waals surface area contributed by atoms with Gasteiger partial charge < -0.3 is 10.2 Å². The molecule has 3 nitrogen and oxygen atoms in total. The van der Waals surface area contributed by atoms with E-state index in [1.165, 1.54) is 19.3 Å². The van der Waals surface area contributed by atoms with Gasteiger partial charge in [0.05, 0.1) is 0 Å². The van der Waals surface area contributed by atoms with E-state index in [4.69, 9.17) is 0 Å². The van der Waals surface area contributed by atoms with Crippen molar-refractivity contribution in [3.8, 4) is 0 Å². The molecule has 1 N–H and O–H groups in total. The number of rotatable bonds is 8. The van der Waals surface area contributed by atoms with E-state index >= 15 is 0 Å². The maximum Gasteiger partial charge on any atom is 0.222 e. The van der Waals surface area contributed by atoms with Gasteiger partial charge in [-0.2, -0.15) is 0 Å². The summed E-state index contributed by atoms with van der Waals surface area (Å²) in [5, 5.41) is 3.37. The molecule has 0 spiro atoms. The highest BCUT2D eigenvalue weighted by Crippen LogP contribution is 2.21. The Bertz CT molecular complexity index is 206. The lowest BCUT2D eigenvalue weighted by atomic mass is 10.0. The first-order valence-corrected chi connectivity index (χ1v) is 6.76. The van der Waals surface area contributed by atoms with E-state index in [0.29, 0.717) is 11.8 Å². The van der Waals surface area contributed by atoms with Crippen molar-refractivity contribution < 1.29 is 4.79 Å². The number of hydrogen-bond acceptors (Lipinski definition) is 2. The first-order valence-electron chi connectivity index (χ1n) is 6.76. The van der Waals surface area contributed by atoms with Crippen LogP contribution in [0.1, 0.15) is 46.0 Å². The van der Waals surface area contributed by atoms with Crippen molar-refractivity contribution in [2.45, 2.75) is 46.0 Å². The van der Waals surface area contributed by atoms with Gasteiger partial charge in [0.2, 0.25) is 5.91 Å². The zero-order chi connectivity index (χ0) is 11.8. The van der Waals surface area contributed by atoms with Crippen LogP contribution in [-0.4, -0.2) is 37.0 Å². The number of nitrogens with zero attached hydrogens (tertiary/aromatic N) is 1. The summed E-state index contributed by atoms with van der Waals surface area (Å²) >= 11 is 0. The van der Waals surface area contributed by atoms with Gasteiger partial charge in [0.25, 0.3) is 0 Å². The first-order chi connectivity index (χ1) is 7.77. The summed E-state index contributed by atoms with van der Waals surface area (Å²) in [4.78, 5) is 13.7. The number of likely N-dealkylation sites (tertiary alicyclic amines) is 1. The Morgan fingerprint density at radius 2 is 2.12 bits per heavy atom. The molecule has 1 aliphatic rings. The fraction of sp³-hybridized carbons (Fsp3) is 0.923. The van der Waals surface area contributed by atoms with Crippen molar-refractivity contribution in [2.75, 3.05) is 26.2 Å². The Hall–Kier alpha value is -0.570. The summed E-state index contributed by atoms with van der Waals surface area (Å²) < 4.78 is 0. The van der Waals surface area contributed by atoms with Gasteiger partial charge in [-0.15, -0.1) is 0 Å². The van der Waals surface area contributed by atoms with Gasteiger partial charge in [0, 0.05) is 19.5 Å². The van der Waals surface area contributed by atoms with E-state index in [1.54, 1.807) is 0 Å². The standard InChI is InChI=1S/C13H26N2O/c1-3-6-12-10-13(16)15(11-12)9-5-8-14-7-4-2/h12,14H,3-11H2,1-2H3. The minimum Gasteiger partial charge on any atom is -0.342 e. The topological polar surface area (TPSA) is 32.3 Å². The van der Waals surface area contributed by atoms with Gasteiger partial charge in [-0.3, -0.25) is 4.79 Å². The van der Waals surface area contributed by atoms with Gasteiger partial charge in [-0.1, -0.05) is 20.3 Å². The normalized spacial score (nSPS) is 20.8. The van der Waals surface area contributed by atoms with E-state index < -0.39 is 0 Å². The quantitative estimate of drug-likeness (QED) is 0.642. The fourth-order valence-electron chi connectivity index (χ4n) is 2.37. The van der Waals surface area contributed by atoms with Crippen LogP contribution in [0, 0.1) is 5.92 Å². The highest BCUT2D eigenvalue weighted by Gasteiger charge is 2.27. The van der Waals surface area contributed by atoms with E-state index in [1.807, 2.05) is 4.90 Å². The number of carbonyl (C=O) groups excluding carboxylic acids is 1. The molecule has 1 unspecified atom stereocenters. The van der Waals surface area contributed by atoms with Crippen molar-refractivity contribution in [1.29, 1.82) is 0 Å². The lowest BCUT2D eigenvalue weighted by Crippen LogP contribution is -2.29. The van der Waals surface area contributed by atoms with Crippen LogP contribution in [0.4, 0.5) is 0 Å². The number of carbonyl (C=O) groups is 1. The molecule has 0 radical (unpaired) electrons. The average molecular weight is 226 g/mol. The third kappa shape index (κ3) is 4.52. The molecule has 1 amide bonds. The molecule has 3 heteroatoms. The SMILES string of the molecule is CCCNCCCN1CC(CCC)CC1=O. The summed E-state index contributed by atoms with van der Waals surface area (Å²) in [5.74, 6) is 0.995. The van der Waals surface area contributed by atoms with Crippen molar-refractivity contribution in [3.05, 3.63) is 0 Å². The van der Waals surface area contributed by atoms with Crippen LogP contribution >= 0.6 is 0 Å². The summed E-state index contributed by atoms with van der Waals surface area (Å²) in [5.41, 5.74) is 0. The third-order valence-electron chi connectivity index (χ3n) is 3.20. The molecule has 1 fully saturated rings. The van der Waals surface area contributed by atoms with Crippen LogP contribution in [-0.2, 0) is 4.79 Å². The zero-order valence-electron chi connectivity index (χ0n) is 10.8. The molecule has 16 heavy (non-hydrogen) atoms. The van der Waals surface area contributed by atoms with Crippen LogP contribution in [0.2, 0.25) is 0 Å². The monoisotopic (exact) mass is 226 g/mol.